The van der Waals surface area contributed by atoms with E-state index in [4.69, 9.17) is 4.98 Å². The molecule has 3 N–H and O–H groups in total. The first-order chi connectivity index (χ1) is 22.7. The molecule has 0 spiro atoms. The van der Waals surface area contributed by atoms with E-state index in [-0.39, 0.29) is 11.6 Å². The molecule has 0 aliphatic carbocycles. The summed E-state index contributed by atoms with van der Waals surface area (Å²) in [5.41, 5.74) is 10.8. The summed E-state index contributed by atoms with van der Waals surface area (Å²) in [5, 5.41) is 0. The summed E-state index contributed by atoms with van der Waals surface area (Å²) in [6.07, 6.45) is 3.75. The van der Waals surface area contributed by atoms with Gasteiger partial charge in [0.25, 0.3) is 0 Å². The average molecular weight is 623 g/mol. The van der Waals surface area contributed by atoms with E-state index in [1.807, 2.05) is 75.4 Å². The fourth-order valence-corrected chi connectivity index (χ4v) is 6.50. The first-order valence-electron chi connectivity index (χ1n) is 15.4. The summed E-state index contributed by atoms with van der Waals surface area (Å²) in [5.74, 6) is -1.14. The van der Waals surface area contributed by atoms with E-state index in [0.717, 1.165) is 22.2 Å². The van der Waals surface area contributed by atoms with Crippen molar-refractivity contribution in [2.45, 2.75) is 20.8 Å². The van der Waals surface area contributed by atoms with Crippen LogP contribution in [0.2, 0.25) is 0 Å². The van der Waals surface area contributed by atoms with E-state index in [0.29, 0.717) is 72.4 Å². The minimum absolute atomic E-state index is 0.369. The Morgan fingerprint density at radius 2 is 0.745 bits per heavy atom. The molecule has 47 heavy (non-hydrogen) atoms. The molecule has 0 atom stereocenters. The predicted octanol–water partition coefficient (Wildman–Crippen LogP) is 11.0. The number of hydrogen-bond acceptors (Lipinski definition) is 1. The average Bonchev–Trinajstić information content (AvgIpc) is 3.87. The Hall–Kier alpha value is -5.82. The van der Waals surface area contributed by atoms with Crippen LogP contribution >= 0.6 is 0 Å². The van der Waals surface area contributed by atoms with Crippen molar-refractivity contribution >= 4 is 45.3 Å². The summed E-state index contributed by atoms with van der Waals surface area (Å²) in [6.45, 7) is 5.75. The predicted molar refractivity (Wildman–Crippen MR) is 186 cm³/mol. The van der Waals surface area contributed by atoms with E-state index in [9.17, 15) is 0 Å². The number of benzene rings is 3. The summed E-state index contributed by atoms with van der Waals surface area (Å²) in [7, 11) is 0. The van der Waals surface area contributed by atoms with Gasteiger partial charge in [0, 0.05) is 61.0 Å². The summed E-state index contributed by atoms with van der Waals surface area (Å²) in [4.78, 5) is 15.4. The molecule has 4 nitrogen and oxygen atoms in total. The fraction of sp³-hybridized carbons (Fsp3) is 0.0750. The van der Waals surface area contributed by atoms with E-state index in [1.54, 1.807) is 30.3 Å². The van der Waals surface area contributed by atoms with Crippen LogP contribution in [-0.2, 0) is 0 Å². The third-order valence-electron chi connectivity index (χ3n) is 8.75. The highest BCUT2D eigenvalue weighted by Gasteiger charge is 2.19. The number of halogens is 3. The minimum Gasteiger partial charge on any atom is -0.354 e. The van der Waals surface area contributed by atoms with Crippen molar-refractivity contribution in [3.63, 3.8) is 0 Å². The van der Waals surface area contributed by atoms with Gasteiger partial charge in [-0.2, -0.15) is 0 Å². The first kappa shape index (κ1) is 28.6. The third-order valence-corrected chi connectivity index (χ3v) is 8.75. The Morgan fingerprint density at radius 1 is 0.404 bits per heavy atom. The molecule has 7 aromatic rings. The van der Waals surface area contributed by atoms with Gasteiger partial charge in [-0.05, 0) is 106 Å². The normalized spacial score (nSPS) is 12.0. The van der Waals surface area contributed by atoms with E-state index >= 15 is 13.2 Å². The second-order valence-electron chi connectivity index (χ2n) is 12.1. The highest BCUT2D eigenvalue weighted by molar-refractivity contribution is 6.00. The molecular weight excluding hydrogens is 593 g/mol. The lowest BCUT2D eigenvalue weighted by atomic mass is 10.0. The molecular formula is C40H29F3N4. The van der Waals surface area contributed by atoms with Crippen LogP contribution in [-0.4, -0.2) is 19.9 Å². The standard InChI is InChI=1S/C40H29F3N4/c1-21-4-7-27(41)24(18-21)38-32-12-10-30(44-32)31-11-13-33(45-31)39(25-19-22(2)5-8-28(25)42)35-15-17-37(47-35)40(36-16-14-34(38)46-36)26-20-23(3)6-9-29(26)43/h4-20,44,46-47H,1-3H3. The topological polar surface area (TPSA) is 60.3 Å². The lowest BCUT2D eigenvalue weighted by molar-refractivity contribution is 0.630. The minimum atomic E-state index is -0.393. The second kappa shape index (κ2) is 10.9. The second-order valence-corrected chi connectivity index (χ2v) is 12.1. The monoisotopic (exact) mass is 622 g/mol. The van der Waals surface area contributed by atoms with Crippen LogP contribution in [0.25, 0.3) is 78.6 Å². The molecule has 5 heterocycles. The molecule has 0 saturated heterocycles. The number of hydrogen-bond donors (Lipinski definition) is 3. The van der Waals surface area contributed by atoms with Crippen LogP contribution in [0.1, 0.15) is 28.1 Å². The van der Waals surface area contributed by atoms with E-state index in [1.165, 1.54) is 18.2 Å². The molecule has 1 aliphatic rings. The molecule has 0 unspecified atom stereocenters. The smallest absolute Gasteiger partial charge is 0.131 e. The van der Waals surface area contributed by atoms with Gasteiger partial charge in [-0.1, -0.05) is 34.9 Å². The highest BCUT2D eigenvalue weighted by Crippen LogP contribution is 2.38. The Balaban J connectivity index is 1.60. The van der Waals surface area contributed by atoms with Crippen LogP contribution in [0.5, 0.6) is 0 Å². The van der Waals surface area contributed by atoms with Crippen molar-refractivity contribution in [2.75, 3.05) is 0 Å². The maximum absolute atomic E-state index is 15.7. The number of nitrogens with one attached hydrogen (secondary N) is 3. The molecule has 0 amide bonds. The summed E-state index contributed by atoms with van der Waals surface area (Å²) >= 11 is 0. The van der Waals surface area contributed by atoms with Gasteiger partial charge in [-0.25, -0.2) is 18.2 Å². The maximum atomic E-state index is 15.7. The molecule has 1 aliphatic heterocycles. The van der Waals surface area contributed by atoms with Crippen molar-refractivity contribution in [3.8, 4) is 33.4 Å². The molecule has 0 radical (unpaired) electrons. The lowest BCUT2D eigenvalue weighted by Gasteiger charge is -2.08. The molecule has 3 aromatic carbocycles. The molecule has 8 rings (SSSR count). The Bertz CT molecular complexity index is 2550. The van der Waals surface area contributed by atoms with Crippen LogP contribution in [0, 0.1) is 38.2 Å². The van der Waals surface area contributed by atoms with E-state index in [2.05, 4.69) is 15.0 Å². The molecule has 0 saturated carbocycles. The summed E-state index contributed by atoms with van der Waals surface area (Å²) < 4.78 is 46.9. The number of aryl methyl sites for hydroxylation is 3. The van der Waals surface area contributed by atoms with Crippen LogP contribution in [0.4, 0.5) is 13.2 Å². The largest absolute Gasteiger partial charge is 0.354 e. The Labute approximate surface area is 268 Å². The molecule has 230 valence electrons. The van der Waals surface area contributed by atoms with Crippen molar-refractivity contribution in [1.82, 2.24) is 19.9 Å². The first-order valence-corrected chi connectivity index (χ1v) is 15.4. The van der Waals surface area contributed by atoms with Crippen molar-refractivity contribution in [2.24, 2.45) is 0 Å². The molecule has 4 aromatic heterocycles. The Morgan fingerprint density at radius 3 is 1.19 bits per heavy atom. The van der Waals surface area contributed by atoms with Gasteiger partial charge in [0.15, 0.2) is 0 Å². The number of aromatic amines is 3. The van der Waals surface area contributed by atoms with Crippen molar-refractivity contribution in [1.29, 1.82) is 0 Å². The third kappa shape index (κ3) is 4.91. The quantitative estimate of drug-likeness (QED) is 0.180. The van der Waals surface area contributed by atoms with Gasteiger partial charge in [0.05, 0.1) is 16.9 Å². The Kier molecular flexibility index (Phi) is 6.65. The van der Waals surface area contributed by atoms with Gasteiger partial charge < -0.3 is 15.0 Å². The zero-order valence-electron chi connectivity index (χ0n) is 25.9. The summed E-state index contributed by atoms with van der Waals surface area (Å²) in [6, 6.07) is 26.3. The number of fused-ring (bicyclic) bond motifs is 9. The molecule has 0 fully saturated rings. The maximum Gasteiger partial charge on any atom is 0.131 e. The molecule has 7 heteroatoms. The van der Waals surface area contributed by atoms with Gasteiger partial charge in [0.1, 0.15) is 17.5 Å². The van der Waals surface area contributed by atoms with Gasteiger partial charge in [0.2, 0.25) is 0 Å². The van der Waals surface area contributed by atoms with Gasteiger partial charge in [-0.3, -0.25) is 0 Å². The molecule has 8 bridgehead atoms. The van der Waals surface area contributed by atoms with Crippen molar-refractivity contribution in [3.05, 3.63) is 137 Å². The lowest BCUT2D eigenvalue weighted by Crippen LogP contribution is -1.91. The van der Waals surface area contributed by atoms with Crippen LogP contribution < -0.4 is 0 Å². The van der Waals surface area contributed by atoms with E-state index < -0.39 is 5.82 Å². The van der Waals surface area contributed by atoms with Crippen molar-refractivity contribution < 1.29 is 13.2 Å². The zero-order chi connectivity index (χ0) is 32.4. The van der Waals surface area contributed by atoms with Gasteiger partial charge in [-0.15, -0.1) is 0 Å². The SMILES string of the molecule is Cc1ccc(F)c(-c2c3nc(c4ccc([nH]4)c(-c4cc(C)ccc4F)c4ccc([nH]4)c(-c4cc(C)ccc4F)c4ccc2[nH]4)C=C3)c1. The van der Waals surface area contributed by atoms with Crippen LogP contribution in [0.3, 0.4) is 0 Å². The zero-order valence-corrected chi connectivity index (χ0v) is 25.9. The number of aromatic nitrogens is 4. The number of nitrogens with zero attached hydrogens (tertiary/aromatic N) is 1. The number of H-pyrrole nitrogens is 3. The van der Waals surface area contributed by atoms with Crippen LogP contribution in [0.15, 0.2) is 91.0 Å². The fourth-order valence-electron chi connectivity index (χ4n) is 6.50. The number of rotatable bonds is 3. The highest BCUT2D eigenvalue weighted by atomic mass is 19.1. The van der Waals surface area contributed by atoms with Gasteiger partial charge >= 0.3 is 0 Å².